The van der Waals surface area contributed by atoms with Gasteiger partial charge in [-0.25, -0.2) is 4.98 Å². The van der Waals surface area contributed by atoms with E-state index in [-0.39, 0.29) is 0 Å². The molecule has 2 saturated heterocycles. The fourth-order valence-corrected chi connectivity index (χ4v) is 3.46. The van der Waals surface area contributed by atoms with E-state index in [1.165, 1.54) is 6.21 Å². The average Bonchev–Trinajstić information content (AvgIpc) is 2.75. The van der Waals surface area contributed by atoms with Crippen molar-refractivity contribution in [3.63, 3.8) is 0 Å². The van der Waals surface area contributed by atoms with Gasteiger partial charge in [-0.1, -0.05) is 30.3 Å². The number of nitrogens with zero attached hydrogens (tertiary/aromatic N) is 3. The average molecular weight is 367 g/mol. The SMILES string of the molecule is N=Cc1c(NC2CCOCC2)nc(N2CCOCC2)nc1-c1ccccc1. The lowest BCUT2D eigenvalue weighted by Gasteiger charge is -2.29. The summed E-state index contributed by atoms with van der Waals surface area (Å²) < 4.78 is 10.9. The number of morpholine rings is 1. The number of hydrogen-bond donors (Lipinski definition) is 2. The Balaban J connectivity index is 1.75. The lowest BCUT2D eigenvalue weighted by atomic mass is 10.1. The lowest BCUT2D eigenvalue weighted by molar-refractivity contribution is 0.0904. The van der Waals surface area contributed by atoms with E-state index in [9.17, 15) is 0 Å². The molecule has 142 valence electrons. The zero-order valence-corrected chi connectivity index (χ0v) is 15.4. The molecule has 2 aliphatic rings. The fraction of sp³-hybridized carbons (Fsp3) is 0.450. The molecule has 2 aliphatic heterocycles. The van der Waals surface area contributed by atoms with Gasteiger partial charge >= 0.3 is 0 Å². The Morgan fingerprint density at radius 1 is 1.00 bits per heavy atom. The first kappa shape index (κ1) is 17.9. The van der Waals surface area contributed by atoms with Crippen LogP contribution in [0.3, 0.4) is 0 Å². The van der Waals surface area contributed by atoms with Gasteiger partial charge in [-0.05, 0) is 12.8 Å². The molecule has 1 aromatic carbocycles. The highest BCUT2D eigenvalue weighted by Gasteiger charge is 2.22. The molecular weight excluding hydrogens is 342 g/mol. The van der Waals surface area contributed by atoms with Gasteiger partial charge in [0.05, 0.1) is 24.5 Å². The first-order valence-corrected chi connectivity index (χ1v) is 9.50. The van der Waals surface area contributed by atoms with Crippen molar-refractivity contribution in [1.82, 2.24) is 9.97 Å². The first-order valence-electron chi connectivity index (χ1n) is 9.50. The number of benzene rings is 1. The molecule has 0 radical (unpaired) electrons. The van der Waals surface area contributed by atoms with Gasteiger partial charge in [-0.15, -0.1) is 0 Å². The van der Waals surface area contributed by atoms with E-state index in [4.69, 9.17) is 24.9 Å². The molecule has 0 bridgehead atoms. The van der Waals surface area contributed by atoms with Crippen LogP contribution in [-0.4, -0.2) is 61.7 Å². The van der Waals surface area contributed by atoms with Crippen LogP contribution < -0.4 is 10.2 Å². The number of anilines is 2. The van der Waals surface area contributed by atoms with Crippen molar-refractivity contribution in [3.05, 3.63) is 35.9 Å². The summed E-state index contributed by atoms with van der Waals surface area (Å²) >= 11 is 0. The van der Waals surface area contributed by atoms with Crippen molar-refractivity contribution >= 4 is 18.0 Å². The fourth-order valence-electron chi connectivity index (χ4n) is 3.46. The van der Waals surface area contributed by atoms with Crippen molar-refractivity contribution in [2.75, 3.05) is 49.7 Å². The van der Waals surface area contributed by atoms with E-state index in [0.717, 1.165) is 61.8 Å². The molecular formula is C20H25N5O2. The van der Waals surface area contributed by atoms with Gasteiger partial charge in [0.2, 0.25) is 5.95 Å². The summed E-state index contributed by atoms with van der Waals surface area (Å²) in [6, 6.07) is 10.3. The number of rotatable bonds is 5. The molecule has 7 heteroatoms. The monoisotopic (exact) mass is 367 g/mol. The maximum absolute atomic E-state index is 8.00. The molecule has 2 N–H and O–H groups in total. The smallest absolute Gasteiger partial charge is 0.228 e. The lowest BCUT2D eigenvalue weighted by Crippen LogP contribution is -2.38. The Morgan fingerprint density at radius 2 is 1.70 bits per heavy atom. The molecule has 2 aromatic rings. The Bertz CT molecular complexity index is 771. The summed E-state index contributed by atoms with van der Waals surface area (Å²) in [6.45, 7) is 4.41. The number of nitrogens with one attached hydrogen (secondary N) is 2. The van der Waals surface area contributed by atoms with Crippen LogP contribution in [0, 0.1) is 5.41 Å². The van der Waals surface area contributed by atoms with E-state index in [1.54, 1.807) is 0 Å². The Hall–Kier alpha value is -2.51. The summed E-state index contributed by atoms with van der Waals surface area (Å²) in [5, 5.41) is 11.6. The van der Waals surface area contributed by atoms with Crippen molar-refractivity contribution in [2.24, 2.45) is 0 Å². The second-order valence-corrected chi connectivity index (χ2v) is 6.78. The summed E-state index contributed by atoms with van der Waals surface area (Å²) in [6.07, 6.45) is 3.23. The van der Waals surface area contributed by atoms with Crippen molar-refractivity contribution < 1.29 is 9.47 Å². The Labute approximate surface area is 159 Å². The van der Waals surface area contributed by atoms with Gasteiger partial charge in [0, 0.05) is 44.1 Å². The maximum atomic E-state index is 8.00. The third-order valence-electron chi connectivity index (χ3n) is 4.98. The zero-order chi connectivity index (χ0) is 18.5. The van der Waals surface area contributed by atoms with Crippen LogP contribution in [-0.2, 0) is 9.47 Å². The highest BCUT2D eigenvalue weighted by molar-refractivity contribution is 5.93. The van der Waals surface area contributed by atoms with E-state index in [0.29, 0.717) is 25.2 Å². The van der Waals surface area contributed by atoms with Gasteiger partial charge in [-0.3, -0.25) is 0 Å². The third-order valence-corrected chi connectivity index (χ3v) is 4.98. The second-order valence-electron chi connectivity index (χ2n) is 6.78. The first-order chi connectivity index (χ1) is 13.3. The summed E-state index contributed by atoms with van der Waals surface area (Å²) in [7, 11) is 0. The molecule has 27 heavy (non-hydrogen) atoms. The van der Waals surface area contributed by atoms with Crippen LogP contribution in [0.5, 0.6) is 0 Å². The molecule has 0 atom stereocenters. The standard InChI is InChI=1S/C20H25N5O2/c21-14-17-18(15-4-2-1-3-5-15)23-20(25-8-12-27-13-9-25)24-19(17)22-16-6-10-26-11-7-16/h1-5,14,16,21H,6-13H2,(H,22,23,24). The van der Waals surface area contributed by atoms with Crippen molar-refractivity contribution in [1.29, 1.82) is 5.41 Å². The molecule has 7 nitrogen and oxygen atoms in total. The molecule has 0 aliphatic carbocycles. The molecule has 0 amide bonds. The number of aromatic nitrogens is 2. The van der Waals surface area contributed by atoms with Crippen molar-refractivity contribution in [2.45, 2.75) is 18.9 Å². The summed E-state index contributed by atoms with van der Waals surface area (Å²) in [5.41, 5.74) is 2.50. The minimum Gasteiger partial charge on any atom is -0.381 e. The number of hydrogen-bond acceptors (Lipinski definition) is 7. The van der Waals surface area contributed by atoms with E-state index in [1.807, 2.05) is 30.3 Å². The van der Waals surface area contributed by atoms with Crippen LogP contribution >= 0.6 is 0 Å². The zero-order valence-electron chi connectivity index (χ0n) is 15.4. The molecule has 4 rings (SSSR count). The van der Waals surface area contributed by atoms with Crippen LogP contribution in [0.1, 0.15) is 18.4 Å². The van der Waals surface area contributed by atoms with Gasteiger partial charge in [0.25, 0.3) is 0 Å². The normalized spacial score (nSPS) is 18.3. The third kappa shape index (κ3) is 4.09. The second kappa shape index (κ2) is 8.45. The molecule has 3 heterocycles. The Morgan fingerprint density at radius 3 is 2.41 bits per heavy atom. The van der Waals surface area contributed by atoms with E-state index < -0.39 is 0 Å². The topological polar surface area (TPSA) is 83.4 Å². The summed E-state index contributed by atoms with van der Waals surface area (Å²) in [4.78, 5) is 11.8. The van der Waals surface area contributed by atoms with Crippen molar-refractivity contribution in [3.8, 4) is 11.3 Å². The van der Waals surface area contributed by atoms with E-state index in [2.05, 4.69) is 10.2 Å². The van der Waals surface area contributed by atoms with Crippen LogP contribution in [0.15, 0.2) is 30.3 Å². The van der Waals surface area contributed by atoms with E-state index >= 15 is 0 Å². The highest BCUT2D eigenvalue weighted by Crippen LogP contribution is 2.29. The quantitative estimate of drug-likeness (QED) is 0.791. The van der Waals surface area contributed by atoms with Gasteiger partial charge in [-0.2, -0.15) is 4.98 Å². The highest BCUT2D eigenvalue weighted by atomic mass is 16.5. The van der Waals surface area contributed by atoms with Gasteiger partial charge in [0.15, 0.2) is 0 Å². The number of ether oxygens (including phenoxy) is 2. The van der Waals surface area contributed by atoms with Gasteiger partial charge < -0.3 is 25.1 Å². The van der Waals surface area contributed by atoms with Crippen LogP contribution in [0.4, 0.5) is 11.8 Å². The minimum absolute atomic E-state index is 0.300. The summed E-state index contributed by atoms with van der Waals surface area (Å²) in [5.74, 6) is 1.42. The molecule has 2 fully saturated rings. The largest absolute Gasteiger partial charge is 0.381 e. The molecule has 1 aromatic heterocycles. The predicted octanol–water partition coefficient (Wildman–Crippen LogP) is 2.57. The van der Waals surface area contributed by atoms with Crippen LogP contribution in [0.25, 0.3) is 11.3 Å². The predicted molar refractivity (Wildman–Crippen MR) is 106 cm³/mol. The molecule has 0 spiro atoms. The maximum Gasteiger partial charge on any atom is 0.228 e. The molecule has 0 saturated carbocycles. The Kier molecular flexibility index (Phi) is 5.60. The minimum atomic E-state index is 0.300. The molecule has 0 unspecified atom stereocenters. The van der Waals surface area contributed by atoms with Gasteiger partial charge in [0.1, 0.15) is 5.82 Å². The van der Waals surface area contributed by atoms with Crippen LogP contribution in [0.2, 0.25) is 0 Å².